The van der Waals surface area contributed by atoms with Gasteiger partial charge in [0.1, 0.15) is 0 Å². The highest BCUT2D eigenvalue weighted by molar-refractivity contribution is 5.88. The minimum atomic E-state index is 0.931. The van der Waals surface area contributed by atoms with E-state index in [4.69, 9.17) is 4.98 Å². The number of benzene rings is 4. The summed E-state index contributed by atoms with van der Waals surface area (Å²) in [5.41, 5.74) is 6.35. The lowest BCUT2D eigenvalue weighted by atomic mass is 10.1. The minimum Gasteiger partial charge on any atom is -0.256 e. The largest absolute Gasteiger partial charge is 0.256 e. The standard InChI is InChI=1S/C32H22N2/c1-2-6-27-19-23(11-14-26(27)5-1)9-10-24-13-18-32-29(20-24)15-17-30(34-32)16-12-25-21-28-7-3-4-8-31(28)33-22-25/h1-22H/b10-9+,16-12+. The fourth-order valence-electron chi connectivity index (χ4n) is 4.22. The normalized spacial score (nSPS) is 11.9. The molecule has 0 unspecified atom stereocenters. The van der Waals surface area contributed by atoms with Gasteiger partial charge in [0.05, 0.1) is 16.7 Å². The van der Waals surface area contributed by atoms with Crippen LogP contribution in [-0.2, 0) is 0 Å². The zero-order valence-electron chi connectivity index (χ0n) is 18.6. The smallest absolute Gasteiger partial charge is 0.0709 e. The SMILES string of the molecule is C(=C\c1ccc2nc(/C=C/c3cnc4ccccc4c3)ccc2c1)/c1ccc2ccccc2c1. The Hall–Kier alpha value is -4.56. The van der Waals surface area contributed by atoms with Crippen LogP contribution in [0, 0.1) is 0 Å². The molecule has 0 aliphatic carbocycles. The van der Waals surface area contributed by atoms with Gasteiger partial charge in [0.15, 0.2) is 0 Å². The fraction of sp³-hybridized carbons (Fsp3) is 0. The lowest BCUT2D eigenvalue weighted by molar-refractivity contribution is 1.37. The van der Waals surface area contributed by atoms with Crippen molar-refractivity contribution >= 4 is 56.9 Å². The number of hydrogen-bond donors (Lipinski definition) is 0. The summed E-state index contributed by atoms with van der Waals surface area (Å²) in [6.45, 7) is 0. The Morgan fingerprint density at radius 3 is 1.94 bits per heavy atom. The molecule has 0 atom stereocenters. The van der Waals surface area contributed by atoms with E-state index in [9.17, 15) is 0 Å². The molecule has 0 radical (unpaired) electrons. The average molecular weight is 435 g/mol. The zero-order valence-corrected chi connectivity index (χ0v) is 18.6. The summed E-state index contributed by atoms with van der Waals surface area (Å²) in [5, 5.41) is 4.79. The van der Waals surface area contributed by atoms with Crippen LogP contribution in [0.3, 0.4) is 0 Å². The summed E-state index contributed by atoms with van der Waals surface area (Å²) in [7, 11) is 0. The predicted molar refractivity (Wildman–Crippen MR) is 145 cm³/mol. The van der Waals surface area contributed by atoms with Gasteiger partial charge in [-0.2, -0.15) is 0 Å². The fourth-order valence-corrected chi connectivity index (χ4v) is 4.22. The van der Waals surface area contributed by atoms with E-state index in [2.05, 4.69) is 108 Å². The Kier molecular flexibility index (Phi) is 5.17. The molecule has 0 saturated heterocycles. The molecular formula is C32H22N2. The summed E-state index contributed by atoms with van der Waals surface area (Å²) in [4.78, 5) is 9.34. The second-order valence-electron chi connectivity index (χ2n) is 8.42. The first kappa shape index (κ1) is 20.1. The van der Waals surface area contributed by atoms with Crippen LogP contribution in [0.25, 0.3) is 56.9 Å². The van der Waals surface area contributed by atoms with Crippen LogP contribution in [0.15, 0.2) is 109 Å². The van der Waals surface area contributed by atoms with Crippen molar-refractivity contribution in [2.24, 2.45) is 0 Å². The molecule has 0 N–H and O–H groups in total. The number of para-hydroxylation sites is 1. The number of nitrogens with zero attached hydrogens (tertiary/aromatic N) is 2. The summed E-state index contributed by atoms with van der Waals surface area (Å²) in [6.07, 6.45) is 10.3. The van der Waals surface area contributed by atoms with Crippen molar-refractivity contribution in [1.29, 1.82) is 0 Å². The van der Waals surface area contributed by atoms with Crippen LogP contribution in [0.4, 0.5) is 0 Å². The van der Waals surface area contributed by atoms with E-state index >= 15 is 0 Å². The van der Waals surface area contributed by atoms with Gasteiger partial charge in [-0.05, 0) is 69.9 Å². The highest BCUT2D eigenvalue weighted by Crippen LogP contribution is 2.21. The van der Waals surface area contributed by atoms with E-state index in [1.807, 2.05) is 30.5 Å². The maximum Gasteiger partial charge on any atom is 0.0709 e. The molecule has 2 heteroatoms. The number of fused-ring (bicyclic) bond motifs is 3. The predicted octanol–water partition coefficient (Wildman–Crippen LogP) is 8.28. The van der Waals surface area contributed by atoms with Crippen molar-refractivity contribution in [1.82, 2.24) is 9.97 Å². The quantitative estimate of drug-likeness (QED) is 0.261. The van der Waals surface area contributed by atoms with Gasteiger partial charge < -0.3 is 0 Å². The van der Waals surface area contributed by atoms with Crippen LogP contribution in [0.1, 0.15) is 22.4 Å². The third kappa shape index (κ3) is 4.22. The molecule has 2 nitrogen and oxygen atoms in total. The van der Waals surface area contributed by atoms with Crippen molar-refractivity contribution in [2.75, 3.05) is 0 Å². The average Bonchev–Trinajstić information content (AvgIpc) is 2.90. The first-order valence-electron chi connectivity index (χ1n) is 11.4. The molecule has 0 aliphatic rings. The van der Waals surface area contributed by atoms with E-state index in [0.29, 0.717) is 0 Å². The van der Waals surface area contributed by atoms with Crippen molar-refractivity contribution in [3.8, 4) is 0 Å². The zero-order chi connectivity index (χ0) is 22.7. The maximum absolute atomic E-state index is 4.81. The van der Waals surface area contributed by atoms with Crippen molar-refractivity contribution in [3.63, 3.8) is 0 Å². The van der Waals surface area contributed by atoms with Gasteiger partial charge in [0, 0.05) is 17.0 Å². The second-order valence-corrected chi connectivity index (χ2v) is 8.42. The lowest BCUT2D eigenvalue weighted by Crippen LogP contribution is -1.85. The molecule has 160 valence electrons. The van der Waals surface area contributed by atoms with E-state index in [1.54, 1.807) is 0 Å². The summed E-state index contributed by atoms with van der Waals surface area (Å²) in [5.74, 6) is 0. The summed E-state index contributed by atoms with van der Waals surface area (Å²) in [6, 6.07) is 35.9. The number of pyridine rings is 2. The van der Waals surface area contributed by atoms with E-state index in [1.165, 1.54) is 16.3 Å². The summed E-state index contributed by atoms with van der Waals surface area (Å²) < 4.78 is 0. The highest BCUT2D eigenvalue weighted by Gasteiger charge is 1.99. The molecule has 2 aromatic heterocycles. The molecule has 0 aliphatic heterocycles. The summed E-state index contributed by atoms with van der Waals surface area (Å²) >= 11 is 0. The van der Waals surface area contributed by atoms with Gasteiger partial charge in [0.2, 0.25) is 0 Å². The Morgan fingerprint density at radius 2 is 1.06 bits per heavy atom. The van der Waals surface area contributed by atoms with Crippen molar-refractivity contribution in [3.05, 3.63) is 132 Å². The molecule has 6 rings (SSSR count). The third-order valence-corrected chi connectivity index (χ3v) is 6.03. The lowest BCUT2D eigenvalue weighted by Gasteiger charge is -2.02. The highest BCUT2D eigenvalue weighted by atomic mass is 14.7. The van der Waals surface area contributed by atoms with Crippen LogP contribution in [-0.4, -0.2) is 9.97 Å². The van der Waals surface area contributed by atoms with E-state index < -0.39 is 0 Å². The van der Waals surface area contributed by atoms with Gasteiger partial charge >= 0.3 is 0 Å². The number of rotatable bonds is 4. The molecule has 0 spiro atoms. The molecule has 6 aromatic rings. The van der Waals surface area contributed by atoms with Gasteiger partial charge in [-0.25, -0.2) is 4.98 Å². The van der Waals surface area contributed by atoms with Crippen molar-refractivity contribution in [2.45, 2.75) is 0 Å². The monoisotopic (exact) mass is 434 g/mol. The molecule has 4 aromatic carbocycles. The first-order valence-corrected chi connectivity index (χ1v) is 11.4. The Bertz CT molecular complexity index is 1580. The topological polar surface area (TPSA) is 25.8 Å². The van der Waals surface area contributed by atoms with Crippen molar-refractivity contribution < 1.29 is 0 Å². The molecule has 0 amide bonds. The Balaban J connectivity index is 1.22. The van der Waals surface area contributed by atoms with Crippen LogP contribution >= 0.6 is 0 Å². The third-order valence-electron chi connectivity index (χ3n) is 6.03. The van der Waals surface area contributed by atoms with Gasteiger partial charge in [-0.1, -0.05) is 85.0 Å². The molecule has 34 heavy (non-hydrogen) atoms. The molecular weight excluding hydrogens is 412 g/mol. The van der Waals surface area contributed by atoms with Gasteiger partial charge in [-0.3, -0.25) is 4.98 Å². The van der Waals surface area contributed by atoms with Crippen LogP contribution in [0.5, 0.6) is 0 Å². The number of aromatic nitrogens is 2. The Labute approximate surface area is 198 Å². The minimum absolute atomic E-state index is 0.931. The number of hydrogen-bond acceptors (Lipinski definition) is 2. The first-order chi connectivity index (χ1) is 16.8. The molecule has 0 bridgehead atoms. The van der Waals surface area contributed by atoms with Crippen LogP contribution in [0.2, 0.25) is 0 Å². The maximum atomic E-state index is 4.81. The molecule has 0 saturated carbocycles. The van der Waals surface area contributed by atoms with Gasteiger partial charge in [-0.15, -0.1) is 0 Å². The second kappa shape index (κ2) is 8.76. The van der Waals surface area contributed by atoms with E-state index in [-0.39, 0.29) is 0 Å². The molecule has 2 heterocycles. The Morgan fingerprint density at radius 1 is 0.441 bits per heavy atom. The van der Waals surface area contributed by atoms with E-state index in [0.717, 1.165) is 38.6 Å². The molecule has 0 fully saturated rings. The van der Waals surface area contributed by atoms with Crippen LogP contribution < -0.4 is 0 Å². The van der Waals surface area contributed by atoms with Gasteiger partial charge in [0.25, 0.3) is 0 Å².